The van der Waals surface area contributed by atoms with Gasteiger partial charge in [0.1, 0.15) is 11.5 Å². The molecule has 6 heteroatoms. The Labute approximate surface area is 95.9 Å². The average Bonchev–Trinajstić information content (AvgIpc) is 2.84. The van der Waals surface area contributed by atoms with E-state index in [1.807, 2.05) is 24.4 Å². The maximum Gasteiger partial charge on any atom is 0.328 e. The van der Waals surface area contributed by atoms with Crippen LogP contribution in [0.25, 0.3) is 10.6 Å². The zero-order valence-electron chi connectivity index (χ0n) is 8.60. The standard InChI is InChI=1S/C10H11N3O2S/c1-5-8(6-3-2-4-16-6)13-9(12-5)7(11)10(14)15/h2-4,7H,11H2,1H3,(H,12,13)(H,14,15). The summed E-state index contributed by atoms with van der Waals surface area (Å²) in [5.41, 5.74) is 7.08. The Hall–Kier alpha value is -1.66. The first-order valence-corrected chi connectivity index (χ1v) is 5.56. The van der Waals surface area contributed by atoms with Crippen molar-refractivity contribution in [2.45, 2.75) is 13.0 Å². The Morgan fingerprint density at radius 1 is 1.69 bits per heavy atom. The van der Waals surface area contributed by atoms with Gasteiger partial charge < -0.3 is 15.8 Å². The predicted octanol–water partition coefficient (Wildman–Crippen LogP) is 1.53. The smallest absolute Gasteiger partial charge is 0.328 e. The van der Waals surface area contributed by atoms with Crippen LogP contribution in [0.15, 0.2) is 17.5 Å². The van der Waals surface area contributed by atoms with E-state index < -0.39 is 12.0 Å². The molecule has 4 N–H and O–H groups in total. The van der Waals surface area contributed by atoms with Crippen LogP contribution in [0.5, 0.6) is 0 Å². The molecule has 5 nitrogen and oxygen atoms in total. The number of aromatic amines is 1. The monoisotopic (exact) mass is 237 g/mol. The number of H-pyrrole nitrogens is 1. The van der Waals surface area contributed by atoms with Crippen LogP contribution in [0, 0.1) is 6.92 Å². The van der Waals surface area contributed by atoms with Crippen LogP contribution in [0.4, 0.5) is 0 Å². The van der Waals surface area contributed by atoms with E-state index in [2.05, 4.69) is 9.97 Å². The molecule has 1 unspecified atom stereocenters. The SMILES string of the molecule is Cc1[nH]c(C(N)C(=O)O)nc1-c1cccs1. The minimum atomic E-state index is -1.10. The van der Waals surface area contributed by atoms with Gasteiger partial charge in [-0.05, 0) is 18.4 Å². The van der Waals surface area contributed by atoms with Crippen LogP contribution < -0.4 is 5.73 Å². The lowest BCUT2D eigenvalue weighted by Gasteiger charge is -2.00. The third-order valence-corrected chi connectivity index (χ3v) is 3.09. The molecule has 0 bridgehead atoms. The Morgan fingerprint density at radius 2 is 2.44 bits per heavy atom. The van der Waals surface area contributed by atoms with Crippen molar-refractivity contribution in [2.24, 2.45) is 5.73 Å². The highest BCUT2D eigenvalue weighted by Crippen LogP contribution is 2.26. The average molecular weight is 237 g/mol. The Kier molecular flexibility index (Phi) is 2.76. The maximum absolute atomic E-state index is 10.7. The molecule has 0 radical (unpaired) electrons. The van der Waals surface area contributed by atoms with Gasteiger partial charge in [0.2, 0.25) is 0 Å². The number of hydrogen-bond donors (Lipinski definition) is 3. The minimum Gasteiger partial charge on any atom is -0.480 e. The molecule has 0 aliphatic rings. The number of aryl methyl sites for hydroxylation is 1. The van der Waals surface area contributed by atoms with Gasteiger partial charge in [0.25, 0.3) is 0 Å². The largest absolute Gasteiger partial charge is 0.480 e. The number of nitrogens with two attached hydrogens (primary N) is 1. The van der Waals surface area contributed by atoms with E-state index >= 15 is 0 Å². The topological polar surface area (TPSA) is 92.0 Å². The molecule has 2 heterocycles. The molecule has 0 aromatic carbocycles. The number of imidazole rings is 1. The quantitative estimate of drug-likeness (QED) is 0.754. The maximum atomic E-state index is 10.7. The van der Waals surface area contributed by atoms with Gasteiger partial charge >= 0.3 is 5.97 Å². The minimum absolute atomic E-state index is 0.286. The summed E-state index contributed by atoms with van der Waals surface area (Å²) in [5.74, 6) is -0.806. The number of nitrogens with zero attached hydrogens (tertiary/aromatic N) is 1. The molecule has 0 amide bonds. The molecule has 0 saturated carbocycles. The van der Waals surface area contributed by atoms with Gasteiger partial charge in [-0.1, -0.05) is 6.07 Å². The second-order valence-corrected chi connectivity index (χ2v) is 4.34. The molecule has 16 heavy (non-hydrogen) atoms. The molecular formula is C10H11N3O2S. The number of thiophene rings is 1. The van der Waals surface area contributed by atoms with Crippen molar-refractivity contribution in [2.75, 3.05) is 0 Å². The summed E-state index contributed by atoms with van der Waals surface area (Å²) in [4.78, 5) is 18.8. The van der Waals surface area contributed by atoms with Crippen molar-refractivity contribution < 1.29 is 9.90 Å². The van der Waals surface area contributed by atoms with Crippen molar-refractivity contribution in [3.63, 3.8) is 0 Å². The molecule has 1 atom stereocenters. The lowest BCUT2D eigenvalue weighted by Crippen LogP contribution is -2.21. The number of carboxylic acids is 1. The van der Waals surface area contributed by atoms with E-state index in [0.29, 0.717) is 0 Å². The highest BCUT2D eigenvalue weighted by atomic mass is 32.1. The molecular weight excluding hydrogens is 226 g/mol. The van der Waals surface area contributed by atoms with E-state index in [1.165, 1.54) is 0 Å². The number of carboxylic acid groups (broad SMARTS) is 1. The van der Waals surface area contributed by atoms with Gasteiger partial charge in [-0.2, -0.15) is 0 Å². The van der Waals surface area contributed by atoms with Gasteiger partial charge in [0.05, 0.1) is 4.88 Å². The Bertz CT molecular complexity index is 504. The lowest BCUT2D eigenvalue weighted by atomic mass is 10.3. The van der Waals surface area contributed by atoms with Crippen molar-refractivity contribution in [3.8, 4) is 10.6 Å². The fourth-order valence-corrected chi connectivity index (χ4v) is 2.17. The zero-order chi connectivity index (χ0) is 11.7. The Balaban J connectivity index is 2.40. The fourth-order valence-electron chi connectivity index (χ4n) is 1.40. The first-order valence-electron chi connectivity index (χ1n) is 4.68. The highest BCUT2D eigenvalue weighted by molar-refractivity contribution is 7.13. The first kappa shape index (κ1) is 10.8. The third-order valence-electron chi connectivity index (χ3n) is 2.22. The number of aliphatic carboxylic acids is 1. The van der Waals surface area contributed by atoms with Crippen LogP contribution >= 0.6 is 11.3 Å². The normalized spacial score (nSPS) is 12.6. The van der Waals surface area contributed by atoms with Gasteiger partial charge in [-0.3, -0.25) is 4.79 Å². The zero-order valence-corrected chi connectivity index (χ0v) is 9.41. The number of hydrogen-bond acceptors (Lipinski definition) is 4. The van der Waals surface area contributed by atoms with E-state index in [4.69, 9.17) is 10.8 Å². The fraction of sp³-hybridized carbons (Fsp3) is 0.200. The summed E-state index contributed by atoms with van der Waals surface area (Å²) in [6.45, 7) is 1.85. The van der Waals surface area contributed by atoms with E-state index in [9.17, 15) is 4.79 Å². The van der Waals surface area contributed by atoms with Gasteiger partial charge in [0.15, 0.2) is 6.04 Å². The summed E-state index contributed by atoms with van der Waals surface area (Å²) in [7, 11) is 0. The van der Waals surface area contributed by atoms with Gasteiger partial charge in [-0.25, -0.2) is 4.98 Å². The number of carbonyl (C=O) groups is 1. The van der Waals surface area contributed by atoms with Crippen LogP contribution in [-0.2, 0) is 4.79 Å². The van der Waals surface area contributed by atoms with E-state index in [1.54, 1.807) is 11.3 Å². The molecule has 0 aliphatic heterocycles. The molecule has 2 aromatic rings. The number of rotatable bonds is 3. The molecule has 2 rings (SSSR count). The second-order valence-electron chi connectivity index (χ2n) is 3.39. The number of aromatic nitrogens is 2. The Morgan fingerprint density at radius 3 is 3.00 bits per heavy atom. The van der Waals surface area contributed by atoms with Crippen LogP contribution in [0.2, 0.25) is 0 Å². The molecule has 0 aliphatic carbocycles. The van der Waals surface area contributed by atoms with Crippen LogP contribution in [0.1, 0.15) is 17.6 Å². The van der Waals surface area contributed by atoms with Gasteiger partial charge in [0, 0.05) is 5.69 Å². The first-order chi connectivity index (χ1) is 7.59. The summed E-state index contributed by atoms with van der Waals surface area (Å²) in [6, 6.07) is 2.75. The predicted molar refractivity (Wildman–Crippen MR) is 61.2 cm³/mol. The van der Waals surface area contributed by atoms with Crippen LogP contribution in [-0.4, -0.2) is 21.0 Å². The lowest BCUT2D eigenvalue weighted by molar-refractivity contribution is -0.138. The summed E-state index contributed by atoms with van der Waals surface area (Å²) < 4.78 is 0. The summed E-state index contributed by atoms with van der Waals surface area (Å²) in [5, 5.41) is 10.7. The molecule has 0 fully saturated rings. The molecule has 0 saturated heterocycles. The van der Waals surface area contributed by atoms with Crippen molar-refractivity contribution >= 4 is 17.3 Å². The highest BCUT2D eigenvalue weighted by Gasteiger charge is 2.20. The molecule has 0 spiro atoms. The van der Waals surface area contributed by atoms with Crippen molar-refractivity contribution in [1.82, 2.24) is 9.97 Å². The number of nitrogens with one attached hydrogen (secondary N) is 1. The van der Waals surface area contributed by atoms with Crippen LogP contribution in [0.3, 0.4) is 0 Å². The van der Waals surface area contributed by atoms with Gasteiger partial charge in [-0.15, -0.1) is 11.3 Å². The van der Waals surface area contributed by atoms with E-state index in [-0.39, 0.29) is 5.82 Å². The molecule has 2 aromatic heterocycles. The summed E-state index contributed by atoms with van der Waals surface area (Å²) >= 11 is 1.55. The summed E-state index contributed by atoms with van der Waals surface area (Å²) in [6.07, 6.45) is 0. The molecule has 84 valence electrons. The second kappa shape index (κ2) is 4.07. The van der Waals surface area contributed by atoms with Crippen molar-refractivity contribution in [3.05, 3.63) is 29.0 Å². The van der Waals surface area contributed by atoms with E-state index in [0.717, 1.165) is 16.3 Å². The third kappa shape index (κ3) is 1.84. The van der Waals surface area contributed by atoms with Crippen molar-refractivity contribution in [1.29, 1.82) is 0 Å².